The summed E-state index contributed by atoms with van der Waals surface area (Å²) in [5.74, 6) is -0.866. The molecule has 3 heteroatoms. The van der Waals surface area contributed by atoms with Crippen LogP contribution in [0.2, 0.25) is 0 Å². The zero-order valence-corrected chi connectivity index (χ0v) is 12.6. The highest BCUT2D eigenvalue weighted by Crippen LogP contribution is 2.23. The van der Waals surface area contributed by atoms with Crippen molar-refractivity contribution in [3.63, 3.8) is 0 Å². The SMILES string of the molecule is O=C(O)c1ccc(CN2CCCC2Cc2ccccc2)cc1. The van der Waals surface area contributed by atoms with E-state index in [1.807, 2.05) is 12.1 Å². The van der Waals surface area contributed by atoms with E-state index in [0.29, 0.717) is 11.6 Å². The Morgan fingerprint density at radius 3 is 2.45 bits per heavy atom. The third-order valence-corrected chi connectivity index (χ3v) is 4.40. The molecule has 0 aliphatic carbocycles. The second kappa shape index (κ2) is 6.75. The number of carbonyl (C=O) groups is 1. The predicted octanol–water partition coefficient (Wildman–Crippen LogP) is 3.59. The molecule has 1 aliphatic heterocycles. The molecule has 3 nitrogen and oxygen atoms in total. The van der Waals surface area contributed by atoms with Gasteiger partial charge in [-0.25, -0.2) is 4.79 Å². The summed E-state index contributed by atoms with van der Waals surface area (Å²) >= 11 is 0. The molecule has 0 bridgehead atoms. The van der Waals surface area contributed by atoms with Gasteiger partial charge in [0.15, 0.2) is 0 Å². The summed E-state index contributed by atoms with van der Waals surface area (Å²) < 4.78 is 0. The first kappa shape index (κ1) is 14.8. The van der Waals surface area contributed by atoms with Crippen LogP contribution in [0.3, 0.4) is 0 Å². The number of carboxylic acids is 1. The van der Waals surface area contributed by atoms with Gasteiger partial charge in [0, 0.05) is 12.6 Å². The molecule has 1 atom stereocenters. The van der Waals surface area contributed by atoms with Crippen LogP contribution >= 0.6 is 0 Å². The fourth-order valence-electron chi connectivity index (χ4n) is 3.21. The van der Waals surface area contributed by atoms with E-state index < -0.39 is 5.97 Å². The van der Waals surface area contributed by atoms with Gasteiger partial charge in [0.2, 0.25) is 0 Å². The summed E-state index contributed by atoms with van der Waals surface area (Å²) in [5, 5.41) is 8.96. The molecule has 1 N–H and O–H groups in total. The Bertz CT molecular complexity index is 622. The molecule has 0 aromatic heterocycles. The lowest BCUT2D eigenvalue weighted by atomic mass is 10.0. The second-order valence-electron chi connectivity index (χ2n) is 5.96. The average Bonchev–Trinajstić information content (AvgIpc) is 2.96. The zero-order chi connectivity index (χ0) is 15.4. The number of carboxylic acid groups (broad SMARTS) is 1. The van der Waals surface area contributed by atoms with Crippen LogP contribution in [0.4, 0.5) is 0 Å². The van der Waals surface area contributed by atoms with Crippen molar-refractivity contribution in [3.05, 3.63) is 71.3 Å². The van der Waals surface area contributed by atoms with Crippen molar-refractivity contribution in [3.8, 4) is 0 Å². The Kier molecular flexibility index (Phi) is 4.54. The molecular formula is C19H21NO2. The molecule has 1 fully saturated rings. The van der Waals surface area contributed by atoms with Crippen LogP contribution in [0.5, 0.6) is 0 Å². The quantitative estimate of drug-likeness (QED) is 0.916. The fourth-order valence-corrected chi connectivity index (χ4v) is 3.21. The minimum atomic E-state index is -0.866. The summed E-state index contributed by atoms with van der Waals surface area (Å²) in [5.41, 5.74) is 2.93. The zero-order valence-electron chi connectivity index (χ0n) is 12.6. The topological polar surface area (TPSA) is 40.5 Å². The van der Waals surface area contributed by atoms with Gasteiger partial charge >= 0.3 is 5.97 Å². The largest absolute Gasteiger partial charge is 0.478 e. The van der Waals surface area contributed by atoms with E-state index in [2.05, 4.69) is 35.2 Å². The molecule has 3 rings (SSSR count). The highest BCUT2D eigenvalue weighted by atomic mass is 16.4. The normalized spacial score (nSPS) is 18.5. The molecule has 2 aromatic rings. The summed E-state index contributed by atoms with van der Waals surface area (Å²) in [4.78, 5) is 13.4. The molecule has 1 unspecified atom stereocenters. The van der Waals surface area contributed by atoms with Crippen LogP contribution in [-0.2, 0) is 13.0 Å². The minimum Gasteiger partial charge on any atom is -0.478 e. The van der Waals surface area contributed by atoms with E-state index in [4.69, 9.17) is 5.11 Å². The van der Waals surface area contributed by atoms with Gasteiger partial charge in [0.05, 0.1) is 5.56 Å². The van der Waals surface area contributed by atoms with Crippen molar-refractivity contribution < 1.29 is 9.90 Å². The van der Waals surface area contributed by atoms with Crippen LogP contribution in [0.1, 0.15) is 34.3 Å². The van der Waals surface area contributed by atoms with Crippen LogP contribution in [0, 0.1) is 0 Å². The third-order valence-electron chi connectivity index (χ3n) is 4.40. The van der Waals surface area contributed by atoms with Gasteiger partial charge in [-0.3, -0.25) is 4.90 Å². The summed E-state index contributed by atoms with van der Waals surface area (Å²) in [6.07, 6.45) is 3.57. The molecule has 22 heavy (non-hydrogen) atoms. The van der Waals surface area contributed by atoms with Crippen LogP contribution in [-0.4, -0.2) is 28.6 Å². The first-order valence-corrected chi connectivity index (χ1v) is 7.82. The Labute approximate surface area is 131 Å². The second-order valence-corrected chi connectivity index (χ2v) is 5.96. The lowest BCUT2D eigenvalue weighted by molar-refractivity contribution is 0.0697. The lowest BCUT2D eigenvalue weighted by Gasteiger charge is -2.24. The van der Waals surface area contributed by atoms with E-state index in [1.165, 1.54) is 24.0 Å². The number of hydrogen-bond acceptors (Lipinski definition) is 2. The lowest BCUT2D eigenvalue weighted by Crippen LogP contribution is -2.30. The van der Waals surface area contributed by atoms with Crippen molar-refractivity contribution in [2.75, 3.05) is 6.54 Å². The van der Waals surface area contributed by atoms with Gasteiger partial charge in [-0.15, -0.1) is 0 Å². The first-order chi connectivity index (χ1) is 10.7. The minimum absolute atomic E-state index is 0.353. The molecule has 0 amide bonds. The number of nitrogens with zero attached hydrogens (tertiary/aromatic N) is 1. The molecule has 0 spiro atoms. The van der Waals surface area contributed by atoms with Crippen molar-refractivity contribution in [1.29, 1.82) is 0 Å². The Morgan fingerprint density at radius 1 is 1.05 bits per heavy atom. The van der Waals surface area contributed by atoms with Gasteiger partial charge < -0.3 is 5.11 Å². The van der Waals surface area contributed by atoms with Gasteiger partial charge in [-0.1, -0.05) is 42.5 Å². The monoisotopic (exact) mass is 295 g/mol. The van der Waals surface area contributed by atoms with E-state index in [9.17, 15) is 4.79 Å². The summed E-state index contributed by atoms with van der Waals surface area (Å²) in [6.45, 7) is 2.02. The van der Waals surface area contributed by atoms with Gasteiger partial charge in [-0.05, 0) is 49.1 Å². The maximum atomic E-state index is 10.9. The molecule has 114 valence electrons. The third kappa shape index (κ3) is 3.55. The van der Waals surface area contributed by atoms with Gasteiger partial charge in [-0.2, -0.15) is 0 Å². The standard InChI is InChI=1S/C19H21NO2/c21-19(22)17-10-8-16(9-11-17)14-20-12-4-7-18(20)13-15-5-2-1-3-6-15/h1-3,5-6,8-11,18H,4,7,12-14H2,(H,21,22). The van der Waals surface area contributed by atoms with Gasteiger partial charge in [0.1, 0.15) is 0 Å². The highest BCUT2D eigenvalue weighted by molar-refractivity contribution is 5.87. The average molecular weight is 295 g/mol. The number of hydrogen-bond donors (Lipinski definition) is 1. The molecule has 2 aromatic carbocycles. The van der Waals surface area contributed by atoms with E-state index in [1.54, 1.807) is 12.1 Å². The first-order valence-electron chi connectivity index (χ1n) is 7.82. The molecule has 1 saturated heterocycles. The van der Waals surface area contributed by atoms with Crippen molar-refractivity contribution in [2.45, 2.75) is 31.8 Å². The van der Waals surface area contributed by atoms with E-state index >= 15 is 0 Å². The number of benzene rings is 2. The Hall–Kier alpha value is -2.13. The Morgan fingerprint density at radius 2 is 1.77 bits per heavy atom. The fraction of sp³-hybridized carbons (Fsp3) is 0.316. The van der Waals surface area contributed by atoms with Crippen molar-refractivity contribution in [2.24, 2.45) is 0 Å². The molecule has 0 saturated carbocycles. The van der Waals surface area contributed by atoms with Crippen LogP contribution in [0.25, 0.3) is 0 Å². The van der Waals surface area contributed by atoms with Crippen LogP contribution < -0.4 is 0 Å². The van der Waals surface area contributed by atoms with E-state index in [0.717, 1.165) is 19.5 Å². The summed E-state index contributed by atoms with van der Waals surface area (Å²) in [6, 6.07) is 18.5. The van der Waals surface area contributed by atoms with Crippen molar-refractivity contribution in [1.82, 2.24) is 4.90 Å². The molecule has 1 aliphatic rings. The predicted molar refractivity (Wildman–Crippen MR) is 87.0 cm³/mol. The highest BCUT2D eigenvalue weighted by Gasteiger charge is 2.24. The molecule has 1 heterocycles. The summed E-state index contributed by atoms with van der Waals surface area (Å²) in [7, 11) is 0. The number of aromatic carboxylic acids is 1. The smallest absolute Gasteiger partial charge is 0.335 e. The maximum Gasteiger partial charge on any atom is 0.335 e. The number of likely N-dealkylation sites (tertiary alicyclic amines) is 1. The van der Waals surface area contributed by atoms with Crippen molar-refractivity contribution >= 4 is 5.97 Å². The van der Waals surface area contributed by atoms with Crippen LogP contribution in [0.15, 0.2) is 54.6 Å². The number of rotatable bonds is 5. The van der Waals surface area contributed by atoms with Gasteiger partial charge in [0.25, 0.3) is 0 Å². The van der Waals surface area contributed by atoms with E-state index in [-0.39, 0.29) is 0 Å². The Balaban J connectivity index is 1.64. The molecular weight excluding hydrogens is 274 g/mol. The maximum absolute atomic E-state index is 10.9. The molecule has 0 radical (unpaired) electrons.